The monoisotopic (exact) mass is 899 g/mol. The van der Waals surface area contributed by atoms with Crippen LogP contribution < -0.4 is 25.8 Å². The molecule has 0 radical (unpaired) electrons. The molecule has 1 aromatic carbocycles. The molecule has 5 aliphatic rings. The van der Waals surface area contributed by atoms with Crippen molar-refractivity contribution in [1.82, 2.24) is 44.9 Å². The molecule has 344 valence electrons. The molecule has 0 unspecified atom stereocenters. The first kappa shape index (κ1) is 43.4. The van der Waals surface area contributed by atoms with Crippen molar-refractivity contribution in [3.8, 4) is 28.6 Å². The number of hydrogen-bond acceptors (Lipinski definition) is 12. The summed E-state index contributed by atoms with van der Waals surface area (Å²) in [6.07, 6.45) is 19.0. The standard InChI is InChI=1S/C48H55F2N13O3/c1-2-48(47(66)56-33-4-3-5-33)14-16-60(17-15-48)41-12-6-30(25-52-41)43-44-31(24-51)26-54-63(44)29-40(57-43)32-27-53-62(28-32)36-9-7-35(8-10-36)59-18-20-61(21-19-59)45-37(49)22-34(23-38(45)50)55-39-11-13-42(64)58-46(39)65/h6,12,22-23,25-29,33,35-36,39,55H,2-5,7-11,13-21H2,1H3,(H,56,66)(H,58,64,65)/t35?,36?,39-/m0/s1. The minimum absolute atomic E-state index is 0.0613. The number of piperidine rings is 2. The lowest BCUT2D eigenvalue weighted by atomic mass is 9.74. The van der Waals surface area contributed by atoms with E-state index in [1.807, 2.05) is 41.6 Å². The van der Waals surface area contributed by atoms with E-state index in [4.69, 9.17) is 15.1 Å². The Hall–Kier alpha value is -6.48. The number of halogens is 2. The van der Waals surface area contributed by atoms with Crippen LogP contribution in [0.1, 0.15) is 95.6 Å². The van der Waals surface area contributed by atoms with Gasteiger partial charge in [-0.25, -0.2) is 23.3 Å². The number of nitrogens with zero attached hydrogens (tertiary/aromatic N) is 10. The van der Waals surface area contributed by atoms with E-state index in [0.29, 0.717) is 60.7 Å². The van der Waals surface area contributed by atoms with Crippen molar-refractivity contribution in [3.05, 3.63) is 72.4 Å². The van der Waals surface area contributed by atoms with Gasteiger partial charge in [0.2, 0.25) is 17.7 Å². The van der Waals surface area contributed by atoms with Crippen LogP contribution in [0.2, 0.25) is 0 Å². The SMILES string of the molecule is CCC1(C(=O)NC2CCC2)CCN(c2ccc(-c3nc(-c4cnn(C5CCC(N6CCN(c7c(F)cc(N[C@H]8CCC(=O)NC8=O)cc7F)CC6)CC5)c4)cn4ncc(C#N)c34)cn2)CC1. The van der Waals surface area contributed by atoms with Gasteiger partial charge in [-0.3, -0.25) is 29.3 Å². The van der Waals surface area contributed by atoms with Crippen LogP contribution in [0.25, 0.3) is 28.0 Å². The molecule has 5 fully saturated rings. The Labute approximate surface area is 381 Å². The first-order valence-electron chi connectivity index (χ1n) is 23.5. The summed E-state index contributed by atoms with van der Waals surface area (Å²) in [5.41, 5.74) is 3.67. The van der Waals surface area contributed by atoms with Gasteiger partial charge in [0.1, 0.15) is 34.7 Å². The van der Waals surface area contributed by atoms with E-state index in [1.165, 1.54) is 18.6 Å². The molecular formula is C48H55F2N13O3. The summed E-state index contributed by atoms with van der Waals surface area (Å²) in [6, 6.07) is 8.86. The van der Waals surface area contributed by atoms with Gasteiger partial charge in [-0.05, 0) is 94.9 Å². The van der Waals surface area contributed by atoms with Crippen LogP contribution in [0.3, 0.4) is 0 Å². The maximum atomic E-state index is 15.4. The Morgan fingerprint density at radius 3 is 2.27 bits per heavy atom. The Bertz CT molecular complexity index is 2640. The van der Waals surface area contributed by atoms with Crippen LogP contribution in [0.5, 0.6) is 0 Å². The zero-order valence-electron chi connectivity index (χ0n) is 37.2. The van der Waals surface area contributed by atoms with Crippen molar-refractivity contribution < 1.29 is 23.2 Å². The molecule has 16 nitrogen and oxygen atoms in total. The van der Waals surface area contributed by atoms with E-state index in [0.717, 1.165) is 87.8 Å². The molecule has 10 rings (SSSR count). The van der Waals surface area contributed by atoms with E-state index in [2.05, 4.69) is 43.8 Å². The molecule has 0 bridgehead atoms. The number of nitriles is 1. The predicted molar refractivity (Wildman–Crippen MR) is 243 cm³/mol. The molecule has 5 aromatic rings. The topological polar surface area (TPSA) is 182 Å². The molecule has 3 saturated heterocycles. The number of aromatic nitrogens is 6. The number of anilines is 3. The Morgan fingerprint density at radius 1 is 0.879 bits per heavy atom. The van der Waals surface area contributed by atoms with E-state index < -0.39 is 23.6 Å². The number of imide groups is 1. The van der Waals surface area contributed by atoms with E-state index in [-0.39, 0.29) is 47.5 Å². The molecule has 4 aromatic heterocycles. The zero-order valence-corrected chi connectivity index (χ0v) is 37.2. The number of carbonyl (C=O) groups is 3. The summed E-state index contributed by atoms with van der Waals surface area (Å²) in [5.74, 6) is -1.19. The molecular weight excluding hydrogens is 845 g/mol. The fourth-order valence-electron chi connectivity index (χ4n) is 10.6. The van der Waals surface area contributed by atoms with E-state index in [9.17, 15) is 19.6 Å². The van der Waals surface area contributed by atoms with Gasteiger partial charge in [0.15, 0.2) is 11.6 Å². The lowest BCUT2D eigenvalue weighted by molar-refractivity contribution is -0.134. The molecule has 3 amide bonds. The van der Waals surface area contributed by atoms with Crippen LogP contribution in [-0.4, -0.2) is 109 Å². The molecule has 18 heteroatoms. The van der Waals surface area contributed by atoms with Crippen LogP contribution in [0, 0.1) is 28.4 Å². The molecule has 2 saturated carbocycles. The van der Waals surface area contributed by atoms with Crippen molar-refractivity contribution >= 4 is 40.4 Å². The molecule has 7 heterocycles. The number of piperazine rings is 1. The molecule has 66 heavy (non-hydrogen) atoms. The van der Waals surface area contributed by atoms with Gasteiger partial charge >= 0.3 is 0 Å². The minimum Gasteiger partial charge on any atom is -0.373 e. The number of carbonyl (C=O) groups excluding carboxylic acids is 3. The molecule has 3 aliphatic heterocycles. The van der Waals surface area contributed by atoms with Crippen molar-refractivity contribution in [2.45, 2.75) is 108 Å². The number of hydrogen-bond donors (Lipinski definition) is 3. The molecule has 1 atom stereocenters. The Kier molecular flexibility index (Phi) is 11.9. The normalized spacial score (nSPS) is 22.7. The number of pyridine rings is 1. The van der Waals surface area contributed by atoms with Gasteiger partial charge in [-0.15, -0.1) is 0 Å². The van der Waals surface area contributed by atoms with Crippen molar-refractivity contribution in [1.29, 1.82) is 5.26 Å². The summed E-state index contributed by atoms with van der Waals surface area (Å²) in [7, 11) is 0. The van der Waals surface area contributed by atoms with Crippen molar-refractivity contribution in [2.75, 3.05) is 54.4 Å². The fraction of sp³-hybridized carbons (Fsp3) is 0.500. The summed E-state index contributed by atoms with van der Waals surface area (Å²) < 4.78 is 34.5. The van der Waals surface area contributed by atoms with Gasteiger partial charge in [0.25, 0.3) is 0 Å². The number of benzene rings is 1. The first-order chi connectivity index (χ1) is 32.1. The second-order valence-corrected chi connectivity index (χ2v) is 18.7. The number of amides is 3. The summed E-state index contributed by atoms with van der Waals surface area (Å²) in [6.45, 7) is 5.96. The van der Waals surface area contributed by atoms with Crippen molar-refractivity contribution in [3.63, 3.8) is 0 Å². The third-order valence-corrected chi connectivity index (χ3v) is 15.0. The van der Waals surface area contributed by atoms with Crippen LogP contribution >= 0.6 is 0 Å². The Morgan fingerprint density at radius 2 is 1.62 bits per heavy atom. The molecule has 2 aliphatic carbocycles. The predicted octanol–water partition coefficient (Wildman–Crippen LogP) is 5.99. The zero-order chi connectivity index (χ0) is 45.5. The van der Waals surface area contributed by atoms with Crippen LogP contribution in [0.15, 0.2) is 55.2 Å². The fourth-order valence-corrected chi connectivity index (χ4v) is 10.6. The Balaban J connectivity index is 0.762. The minimum atomic E-state index is -0.731. The average molecular weight is 900 g/mol. The lowest BCUT2D eigenvalue weighted by Crippen LogP contribution is -2.52. The second-order valence-electron chi connectivity index (χ2n) is 18.7. The van der Waals surface area contributed by atoms with E-state index >= 15 is 8.78 Å². The van der Waals surface area contributed by atoms with Gasteiger partial charge in [-0.1, -0.05) is 6.92 Å². The van der Waals surface area contributed by atoms with Gasteiger partial charge in [-0.2, -0.15) is 15.5 Å². The van der Waals surface area contributed by atoms with Crippen LogP contribution in [0.4, 0.5) is 26.0 Å². The largest absolute Gasteiger partial charge is 0.373 e. The highest BCUT2D eigenvalue weighted by atomic mass is 19.1. The third kappa shape index (κ3) is 8.44. The molecule has 0 spiro atoms. The first-order valence-corrected chi connectivity index (χ1v) is 23.5. The quantitative estimate of drug-likeness (QED) is 0.132. The lowest BCUT2D eigenvalue weighted by Gasteiger charge is -2.42. The molecule has 3 N–H and O–H groups in total. The maximum Gasteiger partial charge on any atom is 0.249 e. The van der Waals surface area contributed by atoms with E-state index in [1.54, 1.807) is 15.6 Å². The summed E-state index contributed by atoms with van der Waals surface area (Å²) in [4.78, 5) is 53.4. The number of rotatable bonds is 11. The summed E-state index contributed by atoms with van der Waals surface area (Å²) in [5, 5.41) is 27.7. The maximum absolute atomic E-state index is 15.4. The van der Waals surface area contributed by atoms with Gasteiger partial charge < -0.3 is 20.4 Å². The number of fused-ring (bicyclic) bond motifs is 1. The second kappa shape index (κ2) is 18.1. The smallest absolute Gasteiger partial charge is 0.249 e. The number of nitrogens with one attached hydrogen (secondary N) is 3. The van der Waals surface area contributed by atoms with Crippen molar-refractivity contribution in [2.24, 2.45) is 5.41 Å². The third-order valence-electron chi connectivity index (χ3n) is 15.0. The highest BCUT2D eigenvalue weighted by molar-refractivity contribution is 6.01. The summed E-state index contributed by atoms with van der Waals surface area (Å²) >= 11 is 0. The average Bonchev–Trinajstić information content (AvgIpc) is 3.99. The highest BCUT2D eigenvalue weighted by Crippen LogP contribution is 2.39. The van der Waals surface area contributed by atoms with Gasteiger partial charge in [0, 0.05) is 87.0 Å². The highest BCUT2D eigenvalue weighted by Gasteiger charge is 2.41. The van der Waals surface area contributed by atoms with Crippen LogP contribution in [-0.2, 0) is 14.4 Å². The van der Waals surface area contributed by atoms with Gasteiger partial charge in [0.05, 0.1) is 41.4 Å².